The SMILES string of the molecule is COCCOc1cc2c(cc1N)C(N)(c1cc(Br)ccc1OC)NC=N2. The fourth-order valence-electron chi connectivity index (χ4n) is 2.86. The number of rotatable bonds is 6. The van der Waals surface area contributed by atoms with Crippen molar-refractivity contribution in [3.63, 3.8) is 0 Å². The monoisotopic (exact) mass is 420 g/mol. The molecule has 1 atom stereocenters. The fraction of sp³-hybridized carbons (Fsp3) is 0.278. The van der Waals surface area contributed by atoms with E-state index in [1.165, 1.54) is 0 Å². The highest BCUT2D eigenvalue weighted by atomic mass is 79.9. The summed E-state index contributed by atoms with van der Waals surface area (Å²) < 4.78 is 17.0. The molecule has 1 aliphatic heterocycles. The summed E-state index contributed by atoms with van der Waals surface area (Å²) in [7, 11) is 3.22. The number of aliphatic imine (C=N–C) groups is 1. The summed E-state index contributed by atoms with van der Waals surface area (Å²) in [5, 5.41) is 3.14. The zero-order chi connectivity index (χ0) is 18.7. The molecular formula is C18H21BrN4O3. The number of ether oxygens (including phenoxy) is 3. The van der Waals surface area contributed by atoms with Crippen LogP contribution in [0.3, 0.4) is 0 Å². The first kappa shape index (κ1) is 18.5. The third-order valence-corrected chi connectivity index (χ3v) is 4.67. The van der Waals surface area contributed by atoms with Gasteiger partial charge in [0.15, 0.2) is 0 Å². The Morgan fingerprint density at radius 2 is 1.92 bits per heavy atom. The molecule has 8 heteroatoms. The van der Waals surface area contributed by atoms with Gasteiger partial charge in [0.2, 0.25) is 0 Å². The Morgan fingerprint density at radius 1 is 1.12 bits per heavy atom. The van der Waals surface area contributed by atoms with E-state index in [2.05, 4.69) is 26.2 Å². The number of halogens is 1. The Kier molecular flexibility index (Phi) is 5.36. The van der Waals surface area contributed by atoms with Gasteiger partial charge in [-0.25, -0.2) is 4.99 Å². The van der Waals surface area contributed by atoms with Gasteiger partial charge in [-0.15, -0.1) is 0 Å². The lowest BCUT2D eigenvalue weighted by molar-refractivity contribution is 0.146. The zero-order valence-electron chi connectivity index (χ0n) is 14.6. The predicted octanol–water partition coefficient (Wildman–Crippen LogP) is 2.49. The molecule has 0 aromatic heterocycles. The Bertz CT molecular complexity index is 843. The molecule has 0 aliphatic carbocycles. The lowest BCUT2D eigenvalue weighted by Gasteiger charge is -2.35. The van der Waals surface area contributed by atoms with Crippen molar-refractivity contribution < 1.29 is 14.2 Å². The Labute approximate surface area is 160 Å². The zero-order valence-corrected chi connectivity index (χ0v) is 16.2. The van der Waals surface area contributed by atoms with Crippen LogP contribution in [0.25, 0.3) is 0 Å². The van der Waals surface area contributed by atoms with Gasteiger partial charge in [-0.05, 0) is 24.3 Å². The van der Waals surface area contributed by atoms with Crippen LogP contribution in [0.1, 0.15) is 11.1 Å². The molecule has 0 fully saturated rings. The van der Waals surface area contributed by atoms with Crippen LogP contribution < -0.4 is 26.3 Å². The van der Waals surface area contributed by atoms with E-state index < -0.39 is 5.66 Å². The van der Waals surface area contributed by atoms with Crippen LogP contribution >= 0.6 is 15.9 Å². The summed E-state index contributed by atoms with van der Waals surface area (Å²) in [5.41, 5.74) is 14.5. The molecule has 1 aliphatic rings. The molecular weight excluding hydrogens is 400 g/mol. The number of benzene rings is 2. The predicted molar refractivity (Wildman–Crippen MR) is 105 cm³/mol. The smallest absolute Gasteiger partial charge is 0.145 e. The average Bonchev–Trinajstić information content (AvgIpc) is 2.63. The van der Waals surface area contributed by atoms with E-state index in [9.17, 15) is 0 Å². The first-order valence-corrected chi connectivity index (χ1v) is 8.77. The van der Waals surface area contributed by atoms with E-state index in [0.29, 0.717) is 36.1 Å². The molecule has 5 N–H and O–H groups in total. The lowest BCUT2D eigenvalue weighted by atomic mass is 9.88. The van der Waals surface area contributed by atoms with E-state index in [0.717, 1.165) is 15.6 Å². The lowest BCUT2D eigenvalue weighted by Crippen LogP contribution is -2.52. The first-order chi connectivity index (χ1) is 12.5. The van der Waals surface area contributed by atoms with Crippen molar-refractivity contribution in [2.75, 3.05) is 33.2 Å². The summed E-state index contributed by atoms with van der Waals surface area (Å²) >= 11 is 3.49. The van der Waals surface area contributed by atoms with Gasteiger partial charge in [0.1, 0.15) is 23.8 Å². The molecule has 3 rings (SSSR count). The molecule has 0 saturated carbocycles. The molecule has 1 heterocycles. The van der Waals surface area contributed by atoms with Gasteiger partial charge in [0.25, 0.3) is 0 Å². The van der Waals surface area contributed by atoms with Crippen molar-refractivity contribution in [3.05, 3.63) is 45.9 Å². The number of methoxy groups -OCH3 is 2. The molecule has 0 spiro atoms. The number of hydrogen-bond acceptors (Lipinski definition) is 7. The number of nitrogen functional groups attached to an aromatic ring is 1. The van der Waals surface area contributed by atoms with Crippen LogP contribution in [0.4, 0.5) is 11.4 Å². The molecule has 1 unspecified atom stereocenters. The molecule has 0 amide bonds. The maximum atomic E-state index is 6.76. The van der Waals surface area contributed by atoms with E-state index in [1.807, 2.05) is 18.2 Å². The largest absolute Gasteiger partial charge is 0.496 e. The van der Waals surface area contributed by atoms with Crippen molar-refractivity contribution in [2.24, 2.45) is 10.7 Å². The topological polar surface area (TPSA) is 104 Å². The van der Waals surface area contributed by atoms with Gasteiger partial charge in [-0.1, -0.05) is 15.9 Å². The molecule has 2 aromatic carbocycles. The van der Waals surface area contributed by atoms with Crippen LogP contribution in [0.15, 0.2) is 39.8 Å². The molecule has 7 nitrogen and oxygen atoms in total. The minimum atomic E-state index is -1.05. The molecule has 0 bridgehead atoms. The summed E-state index contributed by atoms with van der Waals surface area (Å²) in [4.78, 5) is 4.39. The number of nitrogens with two attached hydrogens (primary N) is 2. The van der Waals surface area contributed by atoms with Crippen LogP contribution in [0, 0.1) is 0 Å². The van der Waals surface area contributed by atoms with E-state index in [1.54, 1.807) is 32.7 Å². The van der Waals surface area contributed by atoms with Gasteiger partial charge in [-0.3, -0.25) is 0 Å². The van der Waals surface area contributed by atoms with Gasteiger partial charge >= 0.3 is 0 Å². The fourth-order valence-corrected chi connectivity index (χ4v) is 3.22. The van der Waals surface area contributed by atoms with Crippen molar-refractivity contribution in [3.8, 4) is 11.5 Å². The normalized spacial score (nSPS) is 18.2. The second-order valence-corrected chi connectivity index (χ2v) is 6.72. The number of anilines is 1. The number of nitrogens with zero attached hydrogens (tertiary/aromatic N) is 1. The third kappa shape index (κ3) is 3.35. The Morgan fingerprint density at radius 3 is 2.65 bits per heavy atom. The highest BCUT2D eigenvalue weighted by Crippen LogP contribution is 2.42. The molecule has 0 saturated heterocycles. The van der Waals surface area contributed by atoms with Gasteiger partial charge in [0.05, 0.1) is 31.4 Å². The molecule has 2 aromatic rings. The summed E-state index contributed by atoms with van der Waals surface area (Å²) in [6.07, 6.45) is 1.57. The Balaban J connectivity index is 2.07. The number of hydrogen-bond donors (Lipinski definition) is 3. The van der Waals surface area contributed by atoms with Gasteiger partial charge < -0.3 is 31.0 Å². The second kappa shape index (κ2) is 7.53. The van der Waals surface area contributed by atoms with Gasteiger partial charge in [-0.2, -0.15) is 0 Å². The van der Waals surface area contributed by atoms with Crippen molar-refractivity contribution in [2.45, 2.75) is 5.66 Å². The van der Waals surface area contributed by atoms with Gasteiger partial charge in [0, 0.05) is 28.8 Å². The Hall–Kier alpha value is -2.29. The quantitative estimate of drug-likeness (QED) is 0.489. The standard InChI is InChI=1S/C18H21BrN4O3/c1-24-5-6-26-17-9-15-12(8-14(17)20)18(21,23-10-22-15)13-7-11(19)3-4-16(13)25-2/h3-4,7-10H,5-6,20-21H2,1-2H3,(H,22,23). The summed E-state index contributed by atoms with van der Waals surface area (Å²) in [5.74, 6) is 1.20. The van der Waals surface area contributed by atoms with Crippen LogP contribution in [-0.2, 0) is 10.4 Å². The van der Waals surface area contributed by atoms with Crippen molar-refractivity contribution >= 4 is 33.6 Å². The molecule has 26 heavy (non-hydrogen) atoms. The maximum absolute atomic E-state index is 6.76. The first-order valence-electron chi connectivity index (χ1n) is 7.98. The van der Waals surface area contributed by atoms with Crippen LogP contribution in [0.5, 0.6) is 11.5 Å². The summed E-state index contributed by atoms with van der Waals surface area (Å²) in [6.45, 7) is 0.867. The van der Waals surface area contributed by atoms with Crippen LogP contribution in [-0.4, -0.2) is 33.8 Å². The average molecular weight is 421 g/mol. The number of fused-ring (bicyclic) bond motifs is 1. The number of nitrogens with one attached hydrogen (secondary N) is 1. The second-order valence-electron chi connectivity index (χ2n) is 5.80. The highest BCUT2D eigenvalue weighted by Gasteiger charge is 2.37. The van der Waals surface area contributed by atoms with E-state index in [4.69, 9.17) is 25.7 Å². The summed E-state index contributed by atoms with van der Waals surface area (Å²) in [6, 6.07) is 9.22. The van der Waals surface area contributed by atoms with Crippen molar-refractivity contribution in [1.82, 2.24) is 5.32 Å². The molecule has 0 radical (unpaired) electrons. The molecule has 138 valence electrons. The maximum Gasteiger partial charge on any atom is 0.145 e. The minimum Gasteiger partial charge on any atom is -0.496 e. The van der Waals surface area contributed by atoms with Crippen LogP contribution in [0.2, 0.25) is 0 Å². The van der Waals surface area contributed by atoms with Crippen molar-refractivity contribution in [1.29, 1.82) is 0 Å². The highest BCUT2D eigenvalue weighted by molar-refractivity contribution is 9.10. The van der Waals surface area contributed by atoms with E-state index in [-0.39, 0.29) is 0 Å². The third-order valence-electron chi connectivity index (χ3n) is 4.18. The van der Waals surface area contributed by atoms with E-state index >= 15 is 0 Å². The minimum absolute atomic E-state index is 0.397.